The largest absolute Gasteiger partial charge is 0.375 e. The minimum absolute atomic E-state index is 0.0404. The summed E-state index contributed by atoms with van der Waals surface area (Å²) in [6.45, 7) is 3.81. The maximum atomic E-state index is 12.7. The Labute approximate surface area is 187 Å². The van der Waals surface area contributed by atoms with E-state index >= 15 is 0 Å². The fourth-order valence-electron chi connectivity index (χ4n) is 4.14. The molecule has 2 amide bonds. The van der Waals surface area contributed by atoms with E-state index in [2.05, 4.69) is 44.5 Å². The molecule has 2 aromatic rings. The summed E-state index contributed by atoms with van der Waals surface area (Å²) in [5, 5.41) is 13.1. The molecule has 2 saturated heterocycles. The van der Waals surface area contributed by atoms with Gasteiger partial charge in [0.25, 0.3) is 0 Å². The third-order valence-corrected chi connectivity index (χ3v) is 6.94. The van der Waals surface area contributed by atoms with Gasteiger partial charge in [0.2, 0.25) is 22.1 Å². The highest BCUT2D eigenvalue weighted by molar-refractivity contribution is 7.19. The minimum Gasteiger partial charge on any atom is -0.375 e. The van der Waals surface area contributed by atoms with Crippen molar-refractivity contribution in [2.45, 2.75) is 32.1 Å². The fourth-order valence-corrected chi connectivity index (χ4v) is 5.07. The second-order valence-corrected chi connectivity index (χ2v) is 9.14. The van der Waals surface area contributed by atoms with Crippen molar-refractivity contribution in [3.63, 3.8) is 0 Å². The summed E-state index contributed by atoms with van der Waals surface area (Å²) in [4.78, 5) is 30.7. The van der Waals surface area contributed by atoms with E-state index in [1.165, 1.54) is 17.0 Å². The number of nitrogens with one attached hydrogen (secondary N) is 1. The van der Waals surface area contributed by atoms with Crippen LogP contribution in [-0.4, -0.2) is 61.8 Å². The van der Waals surface area contributed by atoms with Gasteiger partial charge in [-0.2, -0.15) is 0 Å². The van der Waals surface area contributed by atoms with Crippen molar-refractivity contribution in [2.75, 3.05) is 54.5 Å². The summed E-state index contributed by atoms with van der Waals surface area (Å²) in [7, 11) is 2.07. The van der Waals surface area contributed by atoms with Crippen molar-refractivity contribution in [3.8, 4) is 0 Å². The van der Waals surface area contributed by atoms with E-state index < -0.39 is 0 Å². The summed E-state index contributed by atoms with van der Waals surface area (Å²) >= 11 is 1.45. The number of rotatable bonds is 8. The van der Waals surface area contributed by atoms with Crippen molar-refractivity contribution in [3.05, 3.63) is 30.3 Å². The number of nitrogens with zero attached hydrogens (tertiary/aromatic N) is 5. The lowest BCUT2D eigenvalue weighted by Crippen LogP contribution is -2.43. The predicted molar refractivity (Wildman–Crippen MR) is 124 cm³/mol. The minimum atomic E-state index is -0.0404. The van der Waals surface area contributed by atoms with Gasteiger partial charge in [0, 0.05) is 51.9 Å². The fraction of sp³-hybridized carbons (Fsp3) is 0.545. The summed E-state index contributed by atoms with van der Waals surface area (Å²) in [5.41, 5.74) is 1.18. The first-order valence-electron chi connectivity index (χ1n) is 11.0. The summed E-state index contributed by atoms with van der Waals surface area (Å²) in [6, 6.07) is 10.3. The van der Waals surface area contributed by atoms with Crippen LogP contribution in [0.2, 0.25) is 0 Å². The second kappa shape index (κ2) is 10.1. The van der Waals surface area contributed by atoms with Crippen LogP contribution in [0.15, 0.2) is 30.3 Å². The first-order valence-corrected chi connectivity index (χ1v) is 11.9. The van der Waals surface area contributed by atoms with Crippen LogP contribution in [0.25, 0.3) is 0 Å². The number of hydrogen-bond acceptors (Lipinski definition) is 7. The number of para-hydroxylation sites is 1. The van der Waals surface area contributed by atoms with Crippen molar-refractivity contribution in [2.24, 2.45) is 5.92 Å². The Bertz CT molecular complexity index is 889. The van der Waals surface area contributed by atoms with E-state index in [1.807, 2.05) is 18.2 Å². The third-order valence-electron chi connectivity index (χ3n) is 5.94. The normalized spacial score (nSPS) is 19.0. The van der Waals surface area contributed by atoms with Crippen LogP contribution in [0.4, 0.5) is 16.0 Å². The average molecular weight is 443 g/mol. The van der Waals surface area contributed by atoms with Gasteiger partial charge in [-0.1, -0.05) is 29.5 Å². The van der Waals surface area contributed by atoms with Crippen molar-refractivity contribution in [1.82, 2.24) is 15.5 Å². The quantitative estimate of drug-likeness (QED) is 0.633. The SMILES string of the molecule is CN(CCCNC(=O)[C@@H]1CCCN(c2nnc(N3CCCC3=O)s2)C1)c1ccccc1. The van der Waals surface area contributed by atoms with Crippen LogP contribution in [0.5, 0.6) is 0 Å². The Kier molecular flexibility index (Phi) is 7.01. The zero-order valence-electron chi connectivity index (χ0n) is 18.0. The smallest absolute Gasteiger partial charge is 0.228 e. The van der Waals surface area contributed by atoms with E-state index in [0.29, 0.717) is 24.6 Å². The molecule has 1 N–H and O–H groups in total. The van der Waals surface area contributed by atoms with Gasteiger partial charge in [0.15, 0.2) is 0 Å². The average Bonchev–Trinajstić information content (AvgIpc) is 3.46. The summed E-state index contributed by atoms with van der Waals surface area (Å²) in [6.07, 6.45) is 4.20. The lowest BCUT2D eigenvalue weighted by atomic mass is 9.97. The molecule has 2 aliphatic heterocycles. The highest BCUT2D eigenvalue weighted by Crippen LogP contribution is 2.32. The van der Waals surface area contributed by atoms with Crippen LogP contribution in [0.3, 0.4) is 0 Å². The maximum absolute atomic E-state index is 12.7. The molecule has 0 saturated carbocycles. The molecule has 2 fully saturated rings. The number of hydrogen-bond donors (Lipinski definition) is 1. The number of anilines is 3. The topological polar surface area (TPSA) is 81.7 Å². The molecule has 1 aromatic carbocycles. The molecule has 4 rings (SSSR count). The molecule has 3 heterocycles. The molecule has 0 radical (unpaired) electrons. The molecule has 166 valence electrons. The van der Waals surface area contributed by atoms with Gasteiger partial charge >= 0.3 is 0 Å². The van der Waals surface area contributed by atoms with Gasteiger partial charge in [-0.3, -0.25) is 14.5 Å². The van der Waals surface area contributed by atoms with Gasteiger partial charge in [0.05, 0.1) is 5.92 Å². The van der Waals surface area contributed by atoms with Crippen LogP contribution in [0.1, 0.15) is 32.1 Å². The number of carbonyl (C=O) groups is 2. The molecule has 0 spiro atoms. The Morgan fingerprint density at radius 2 is 2.00 bits per heavy atom. The lowest BCUT2D eigenvalue weighted by molar-refractivity contribution is -0.125. The molecule has 0 aliphatic carbocycles. The number of piperidine rings is 1. The predicted octanol–water partition coefficient (Wildman–Crippen LogP) is 2.52. The Hall–Kier alpha value is -2.68. The summed E-state index contributed by atoms with van der Waals surface area (Å²) in [5.74, 6) is 0.199. The Morgan fingerprint density at radius 3 is 2.77 bits per heavy atom. The molecule has 0 bridgehead atoms. The zero-order valence-corrected chi connectivity index (χ0v) is 18.8. The number of benzene rings is 1. The van der Waals surface area contributed by atoms with Crippen LogP contribution >= 0.6 is 11.3 Å². The van der Waals surface area contributed by atoms with E-state index in [4.69, 9.17) is 0 Å². The van der Waals surface area contributed by atoms with E-state index in [-0.39, 0.29) is 17.7 Å². The van der Waals surface area contributed by atoms with Gasteiger partial charge in [-0.05, 0) is 37.8 Å². The molecule has 9 heteroatoms. The lowest BCUT2D eigenvalue weighted by Gasteiger charge is -2.31. The van der Waals surface area contributed by atoms with Crippen molar-refractivity contribution < 1.29 is 9.59 Å². The Balaban J connectivity index is 1.23. The monoisotopic (exact) mass is 442 g/mol. The highest BCUT2D eigenvalue weighted by atomic mass is 32.1. The molecule has 0 unspecified atom stereocenters. The van der Waals surface area contributed by atoms with Crippen LogP contribution in [0, 0.1) is 5.92 Å². The molecular formula is C22H30N6O2S. The number of carbonyl (C=O) groups excluding carboxylic acids is 2. The first-order chi connectivity index (χ1) is 15.1. The third kappa shape index (κ3) is 5.33. The van der Waals surface area contributed by atoms with E-state index in [9.17, 15) is 9.59 Å². The Morgan fingerprint density at radius 1 is 1.19 bits per heavy atom. The van der Waals surface area contributed by atoms with Gasteiger partial charge in [0.1, 0.15) is 0 Å². The molecule has 2 aliphatic rings. The number of aromatic nitrogens is 2. The first kappa shape index (κ1) is 21.5. The molecular weight excluding hydrogens is 412 g/mol. The molecule has 1 atom stereocenters. The van der Waals surface area contributed by atoms with Crippen LogP contribution < -0.4 is 20.0 Å². The van der Waals surface area contributed by atoms with E-state index in [1.54, 1.807) is 4.90 Å². The second-order valence-electron chi connectivity index (χ2n) is 8.20. The van der Waals surface area contributed by atoms with Crippen LogP contribution in [-0.2, 0) is 9.59 Å². The van der Waals surface area contributed by atoms with Crippen molar-refractivity contribution >= 4 is 39.1 Å². The van der Waals surface area contributed by atoms with Gasteiger partial charge < -0.3 is 15.1 Å². The van der Waals surface area contributed by atoms with Gasteiger partial charge in [-0.25, -0.2) is 0 Å². The zero-order chi connectivity index (χ0) is 21.6. The summed E-state index contributed by atoms with van der Waals surface area (Å²) < 4.78 is 0. The van der Waals surface area contributed by atoms with Gasteiger partial charge in [-0.15, -0.1) is 10.2 Å². The van der Waals surface area contributed by atoms with Crippen molar-refractivity contribution in [1.29, 1.82) is 0 Å². The highest BCUT2D eigenvalue weighted by Gasteiger charge is 2.29. The molecule has 8 nitrogen and oxygen atoms in total. The molecule has 1 aromatic heterocycles. The van der Waals surface area contributed by atoms with E-state index in [0.717, 1.165) is 50.4 Å². The standard InChI is InChI=1S/C22H30N6O2S/c1-26(18-9-3-2-4-10-18)13-7-12-23-20(30)17-8-5-14-27(16-17)21-24-25-22(31-21)28-15-6-11-19(28)29/h2-4,9-10,17H,5-8,11-16H2,1H3,(H,23,30)/t17-/m1/s1. The molecule has 31 heavy (non-hydrogen) atoms. The number of amides is 2. The maximum Gasteiger partial charge on any atom is 0.228 e.